The first-order chi connectivity index (χ1) is 7.69. The van der Waals surface area contributed by atoms with Crippen LogP contribution in [-0.2, 0) is 4.74 Å². The standard InChI is InChI=1S/C12H17NO3/c1-3-4-7-16-12(14)10-8-9(15-2)5-6-11(10)13/h5-6,8H,3-4,7,13H2,1-2H3. The van der Waals surface area contributed by atoms with Crippen molar-refractivity contribution in [2.75, 3.05) is 19.5 Å². The molecule has 88 valence electrons. The number of nitrogens with two attached hydrogens (primary N) is 1. The number of benzene rings is 1. The fraction of sp³-hybridized carbons (Fsp3) is 0.417. The van der Waals surface area contributed by atoms with Crippen LogP contribution in [0.2, 0.25) is 0 Å². The smallest absolute Gasteiger partial charge is 0.340 e. The van der Waals surface area contributed by atoms with E-state index in [1.807, 2.05) is 6.92 Å². The zero-order valence-corrected chi connectivity index (χ0v) is 9.66. The van der Waals surface area contributed by atoms with Gasteiger partial charge in [0.15, 0.2) is 0 Å². The molecule has 2 N–H and O–H groups in total. The molecule has 0 bridgehead atoms. The average Bonchev–Trinajstić information content (AvgIpc) is 2.30. The van der Waals surface area contributed by atoms with E-state index in [9.17, 15) is 4.79 Å². The van der Waals surface area contributed by atoms with Gasteiger partial charge in [0.1, 0.15) is 5.75 Å². The molecule has 0 aliphatic heterocycles. The Hall–Kier alpha value is -1.71. The summed E-state index contributed by atoms with van der Waals surface area (Å²) in [5, 5.41) is 0. The Morgan fingerprint density at radius 3 is 2.81 bits per heavy atom. The van der Waals surface area contributed by atoms with Crippen LogP contribution in [0, 0.1) is 0 Å². The van der Waals surface area contributed by atoms with E-state index in [1.54, 1.807) is 18.2 Å². The fourth-order valence-corrected chi connectivity index (χ4v) is 1.23. The Morgan fingerprint density at radius 1 is 1.44 bits per heavy atom. The second-order valence-corrected chi connectivity index (χ2v) is 3.44. The lowest BCUT2D eigenvalue weighted by Crippen LogP contribution is -2.09. The van der Waals surface area contributed by atoms with Gasteiger partial charge in [-0.15, -0.1) is 0 Å². The molecule has 1 rings (SSSR count). The summed E-state index contributed by atoms with van der Waals surface area (Å²) < 4.78 is 10.1. The third-order valence-corrected chi connectivity index (χ3v) is 2.21. The van der Waals surface area contributed by atoms with Gasteiger partial charge in [-0.05, 0) is 24.6 Å². The minimum absolute atomic E-state index is 0.357. The Morgan fingerprint density at radius 2 is 2.19 bits per heavy atom. The zero-order valence-electron chi connectivity index (χ0n) is 9.66. The van der Waals surface area contributed by atoms with Crippen molar-refractivity contribution in [1.82, 2.24) is 0 Å². The van der Waals surface area contributed by atoms with Gasteiger partial charge < -0.3 is 15.2 Å². The first-order valence-electron chi connectivity index (χ1n) is 5.29. The first-order valence-corrected chi connectivity index (χ1v) is 5.29. The molecule has 0 atom stereocenters. The van der Waals surface area contributed by atoms with Crippen molar-refractivity contribution in [3.63, 3.8) is 0 Å². The van der Waals surface area contributed by atoms with Gasteiger partial charge in [0.25, 0.3) is 0 Å². The molecule has 0 unspecified atom stereocenters. The molecule has 0 heterocycles. The normalized spacial score (nSPS) is 9.88. The maximum absolute atomic E-state index is 11.7. The third kappa shape index (κ3) is 3.15. The molecule has 1 aromatic rings. The number of esters is 1. The maximum atomic E-state index is 11.7. The first kappa shape index (κ1) is 12.4. The number of methoxy groups -OCH3 is 1. The highest BCUT2D eigenvalue weighted by Crippen LogP contribution is 2.20. The van der Waals surface area contributed by atoms with E-state index in [1.165, 1.54) is 7.11 Å². The van der Waals surface area contributed by atoms with Crippen molar-refractivity contribution >= 4 is 11.7 Å². The van der Waals surface area contributed by atoms with E-state index >= 15 is 0 Å². The summed E-state index contributed by atoms with van der Waals surface area (Å²) in [5.74, 6) is 0.196. The minimum atomic E-state index is -0.398. The molecule has 4 nitrogen and oxygen atoms in total. The highest BCUT2D eigenvalue weighted by molar-refractivity contribution is 5.95. The zero-order chi connectivity index (χ0) is 12.0. The van der Waals surface area contributed by atoms with E-state index in [4.69, 9.17) is 15.2 Å². The van der Waals surface area contributed by atoms with Crippen LogP contribution < -0.4 is 10.5 Å². The number of anilines is 1. The van der Waals surface area contributed by atoms with Crippen molar-refractivity contribution in [3.8, 4) is 5.75 Å². The van der Waals surface area contributed by atoms with Gasteiger partial charge in [-0.25, -0.2) is 4.79 Å². The summed E-state index contributed by atoms with van der Waals surface area (Å²) >= 11 is 0. The number of unbranched alkanes of at least 4 members (excludes halogenated alkanes) is 1. The lowest BCUT2D eigenvalue weighted by molar-refractivity contribution is 0.0500. The molecular weight excluding hydrogens is 206 g/mol. The van der Waals surface area contributed by atoms with E-state index in [-0.39, 0.29) is 0 Å². The molecule has 0 aliphatic rings. The third-order valence-electron chi connectivity index (χ3n) is 2.21. The molecule has 0 saturated carbocycles. The van der Waals surface area contributed by atoms with Crippen molar-refractivity contribution in [3.05, 3.63) is 23.8 Å². The molecule has 0 aliphatic carbocycles. The van der Waals surface area contributed by atoms with Gasteiger partial charge in [0.2, 0.25) is 0 Å². The van der Waals surface area contributed by atoms with Crippen LogP contribution in [0.5, 0.6) is 5.75 Å². The van der Waals surface area contributed by atoms with Crippen molar-refractivity contribution in [2.24, 2.45) is 0 Å². The van der Waals surface area contributed by atoms with Crippen LogP contribution in [0.3, 0.4) is 0 Å². The molecule has 0 fully saturated rings. The van der Waals surface area contributed by atoms with Crippen molar-refractivity contribution < 1.29 is 14.3 Å². The Balaban J connectivity index is 2.73. The number of carbonyl (C=O) groups is 1. The Bertz CT molecular complexity index is 363. The number of carbonyl (C=O) groups excluding carboxylic acids is 1. The van der Waals surface area contributed by atoms with Crippen LogP contribution in [0.1, 0.15) is 30.1 Å². The lowest BCUT2D eigenvalue weighted by atomic mass is 10.2. The molecular formula is C12H17NO3. The second kappa shape index (κ2) is 6.00. The number of nitrogen functional groups attached to an aromatic ring is 1. The van der Waals surface area contributed by atoms with Crippen LogP contribution in [0.4, 0.5) is 5.69 Å². The van der Waals surface area contributed by atoms with E-state index in [0.29, 0.717) is 23.6 Å². The van der Waals surface area contributed by atoms with Gasteiger partial charge in [0, 0.05) is 5.69 Å². The monoisotopic (exact) mass is 223 g/mol. The topological polar surface area (TPSA) is 61.5 Å². The maximum Gasteiger partial charge on any atom is 0.340 e. The molecule has 0 saturated heterocycles. The summed E-state index contributed by atoms with van der Waals surface area (Å²) in [6.45, 7) is 2.46. The molecule has 0 spiro atoms. The Kier molecular flexibility index (Phi) is 4.64. The summed E-state index contributed by atoms with van der Waals surface area (Å²) in [6.07, 6.45) is 1.84. The molecule has 16 heavy (non-hydrogen) atoms. The van der Waals surface area contributed by atoms with Crippen LogP contribution in [0.15, 0.2) is 18.2 Å². The summed E-state index contributed by atoms with van der Waals surface area (Å²) in [7, 11) is 1.54. The lowest BCUT2D eigenvalue weighted by Gasteiger charge is -2.08. The second-order valence-electron chi connectivity index (χ2n) is 3.44. The quantitative estimate of drug-likeness (QED) is 0.472. The minimum Gasteiger partial charge on any atom is -0.497 e. The summed E-state index contributed by atoms with van der Waals surface area (Å²) in [6, 6.07) is 4.93. The highest BCUT2D eigenvalue weighted by atomic mass is 16.5. The van der Waals surface area contributed by atoms with E-state index in [2.05, 4.69) is 0 Å². The average molecular weight is 223 g/mol. The van der Waals surface area contributed by atoms with Crippen molar-refractivity contribution in [2.45, 2.75) is 19.8 Å². The molecule has 0 radical (unpaired) electrons. The van der Waals surface area contributed by atoms with Gasteiger partial charge in [0.05, 0.1) is 19.3 Å². The van der Waals surface area contributed by atoms with Crippen LogP contribution in [0.25, 0.3) is 0 Å². The van der Waals surface area contributed by atoms with E-state index < -0.39 is 5.97 Å². The number of ether oxygens (including phenoxy) is 2. The summed E-state index contributed by atoms with van der Waals surface area (Å²) in [4.78, 5) is 11.7. The Labute approximate surface area is 95.3 Å². The molecule has 1 aromatic carbocycles. The summed E-state index contributed by atoms with van der Waals surface area (Å²) in [5.41, 5.74) is 6.45. The predicted octanol–water partition coefficient (Wildman–Crippen LogP) is 2.23. The van der Waals surface area contributed by atoms with Gasteiger partial charge in [-0.3, -0.25) is 0 Å². The SMILES string of the molecule is CCCCOC(=O)c1cc(OC)ccc1N. The van der Waals surface area contributed by atoms with Gasteiger partial charge in [-0.1, -0.05) is 13.3 Å². The molecule has 0 aromatic heterocycles. The fourth-order valence-electron chi connectivity index (χ4n) is 1.23. The molecule has 0 amide bonds. The number of hydrogen-bond donors (Lipinski definition) is 1. The predicted molar refractivity (Wildman–Crippen MR) is 62.6 cm³/mol. The largest absolute Gasteiger partial charge is 0.497 e. The van der Waals surface area contributed by atoms with Crippen LogP contribution >= 0.6 is 0 Å². The van der Waals surface area contributed by atoms with E-state index in [0.717, 1.165) is 12.8 Å². The van der Waals surface area contributed by atoms with Crippen LogP contribution in [-0.4, -0.2) is 19.7 Å². The highest BCUT2D eigenvalue weighted by Gasteiger charge is 2.12. The van der Waals surface area contributed by atoms with Crippen molar-refractivity contribution in [1.29, 1.82) is 0 Å². The van der Waals surface area contributed by atoms with Gasteiger partial charge in [-0.2, -0.15) is 0 Å². The van der Waals surface area contributed by atoms with Gasteiger partial charge >= 0.3 is 5.97 Å². The molecule has 4 heteroatoms. The number of hydrogen-bond acceptors (Lipinski definition) is 4. The number of rotatable bonds is 5.